The minimum Gasteiger partial charge on any atom is -1.00 e. The van der Waals surface area contributed by atoms with Crippen LogP contribution in [0.1, 0.15) is 6.42 Å². The fourth-order valence-corrected chi connectivity index (χ4v) is 7.83. The molecule has 3 rings (SSSR count). The van der Waals surface area contributed by atoms with E-state index in [0.29, 0.717) is 0 Å². The highest BCUT2D eigenvalue weighted by Gasteiger charge is 2.44. The molecule has 0 fully saturated rings. The Kier molecular flexibility index (Phi) is 8.03. The number of hydrogen-bond donors (Lipinski definition) is 0. The van der Waals surface area contributed by atoms with E-state index in [1.54, 1.807) is 0 Å². The fourth-order valence-electron chi connectivity index (χ4n) is 3.51. The highest BCUT2D eigenvalue weighted by atomic mass is 79.9. The Balaban J connectivity index is 0.00000243. The normalized spacial score (nSPS) is 11.2. The average molecular weight is 428 g/mol. The minimum atomic E-state index is -1.64. The van der Waals surface area contributed by atoms with Gasteiger partial charge in [-0.25, -0.2) is 0 Å². The van der Waals surface area contributed by atoms with E-state index in [0.717, 1.165) is 6.54 Å². The van der Waals surface area contributed by atoms with Crippen molar-refractivity contribution in [3.8, 4) is 0 Å². The summed E-state index contributed by atoms with van der Waals surface area (Å²) in [6, 6.07) is 33.4. The molecule has 0 N–H and O–H groups in total. The lowest BCUT2D eigenvalue weighted by Gasteiger charge is -2.28. The molecule has 0 aliphatic rings. The highest BCUT2D eigenvalue weighted by molar-refractivity contribution is 7.95. The summed E-state index contributed by atoms with van der Waals surface area (Å²) in [4.78, 5) is 2.29. The molecule has 0 aliphatic carbocycles. The summed E-state index contributed by atoms with van der Waals surface area (Å²) < 4.78 is 0. The van der Waals surface area contributed by atoms with Crippen LogP contribution >= 0.6 is 7.26 Å². The van der Waals surface area contributed by atoms with E-state index < -0.39 is 7.26 Å². The first-order chi connectivity index (χ1) is 12.2. The molecule has 1 nitrogen and oxygen atoms in total. The van der Waals surface area contributed by atoms with Crippen molar-refractivity contribution in [1.82, 2.24) is 4.90 Å². The van der Waals surface area contributed by atoms with Crippen molar-refractivity contribution < 1.29 is 17.0 Å². The van der Waals surface area contributed by atoms with Crippen LogP contribution in [0.3, 0.4) is 0 Å². The Morgan fingerprint density at radius 1 is 0.615 bits per heavy atom. The van der Waals surface area contributed by atoms with Gasteiger partial charge < -0.3 is 21.9 Å². The monoisotopic (exact) mass is 427 g/mol. The largest absolute Gasteiger partial charge is 1.00 e. The van der Waals surface area contributed by atoms with Crippen LogP contribution in [0.25, 0.3) is 0 Å². The SMILES string of the molecule is CN(C)CCC[P+](c1ccccc1)(c1ccccc1)c1ccccc1.[Br-]. The maximum Gasteiger partial charge on any atom is 0.112 e. The van der Waals surface area contributed by atoms with E-state index in [9.17, 15) is 0 Å². The number of nitrogens with zero attached hydrogens (tertiary/aromatic N) is 1. The molecular formula is C23H27BrNP. The molecular weight excluding hydrogens is 401 g/mol. The number of benzene rings is 3. The zero-order valence-corrected chi connectivity index (χ0v) is 18.0. The van der Waals surface area contributed by atoms with Gasteiger partial charge in [0, 0.05) is 6.54 Å². The van der Waals surface area contributed by atoms with E-state index >= 15 is 0 Å². The summed E-state index contributed by atoms with van der Waals surface area (Å²) in [6.07, 6.45) is 2.39. The molecule has 0 saturated heterocycles. The maximum absolute atomic E-state index is 2.32. The molecule has 0 radical (unpaired) electrons. The van der Waals surface area contributed by atoms with Crippen LogP contribution in [-0.2, 0) is 0 Å². The number of rotatable bonds is 7. The molecule has 0 heterocycles. The molecule has 0 atom stereocenters. The van der Waals surface area contributed by atoms with Crippen molar-refractivity contribution in [2.24, 2.45) is 0 Å². The van der Waals surface area contributed by atoms with Crippen molar-refractivity contribution in [3.05, 3.63) is 91.0 Å². The van der Waals surface area contributed by atoms with Crippen molar-refractivity contribution in [2.75, 3.05) is 26.8 Å². The molecule has 0 unspecified atom stereocenters. The summed E-state index contributed by atoms with van der Waals surface area (Å²) >= 11 is 0. The van der Waals surface area contributed by atoms with Crippen LogP contribution in [0.5, 0.6) is 0 Å². The molecule has 136 valence electrons. The minimum absolute atomic E-state index is 0. The van der Waals surface area contributed by atoms with Crippen molar-refractivity contribution in [3.63, 3.8) is 0 Å². The lowest BCUT2D eigenvalue weighted by Crippen LogP contribution is -3.00. The zero-order chi connectivity index (χ0) is 17.5. The Hall–Kier alpha value is -1.47. The molecule has 0 aromatic heterocycles. The average Bonchev–Trinajstić information content (AvgIpc) is 2.67. The van der Waals surface area contributed by atoms with Crippen LogP contribution in [0, 0.1) is 0 Å². The third-order valence-electron chi connectivity index (χ3n) is 4.69. The van der Waals surface area contributed by atoms with Gasteiger partial charge in [0.25, 0.3) is 0 Å². The quantitative estimate of drug-likeness (QED) is 0.507. The third kappa shape index (κ3) is 4.62. The standard InChI is InChI=1S/C23H27NP.BrH/c1-24(2)19-12-20-25(21-13-6-3-7-14-21,22-15-8-4-9-16-22)23-17-10-5-11-18-23;/h3-11,13-18H,12,19-20H2,1-2H3;1H/q+1;/p-1. The van der Waals surface area contributed by atoms with Crippen LogP contribution in [0.2, 0.25) is 0 Å². The van der Waals surface area contributed by atoms with Gasteiger partial charge in [-0.3, -0.25) is 0 Å². The van der Waals surface area contributed by atoms with Crippen molar-refractivity contribution in [1.29, 1.82) is 0 Å². The Labute approximate surface area is 169 Å². The van der Waals surface area contributed by atoms with Crippen LogP contribution < -0.4 is 32.9 Å². The molecule has 0 aliphatic heterocycles. The highest BCUT2D eigenvalue weighted by Crippen LogP contribution is 2.55. The van der Waals surface area contributed by atoms with Gasteiger partial charge in [-0.2, -0.15) is 0 Å². The van der Waals surface area contributed by atoms with Crippen LogP contribution in [-0.4, -0.2) is 31.7 Å². The summed E-state index contributed by atoms with van der Waals surface area (Å²) in [5, 5.41) is 4.43. The third-order valence-corrected chi connectivity index (χ3v) is 9.22. The summed E-state index contributed by atoms with van der Waals surface area (Å²) in [5.74, 6) is 0. The Bertz CT molecular complexity index is 663. The first kappa shape index (κ1) is 20.8. The summed E-state index contributed by atoms with van der Waals surface area (Å²) in [7, 11) is 2.68. The number of halogens is 1. The van der Waals surface area contributed by atoms with Gasteiger partial charge in [0.05, 0.1) is 6.16 Å². The van der Waals surface area contributed by atoms with E-state index in [4.69, 9.17) is 0 Å². The van der Waals surface area contributed by atoms with Gasteiger partial charge in [0.1, 0.15) is 23.2 Å². The van der Waals surface area contributed by atoms with Gasteiger partial charge >= 0.3 is 0 Å². The predicted octanol–water partition coefficient (Wildman–Crippen LogP) is 0.936. The molecule has 0 spiro atoms. The second-order valence-electron chi connectivity index (χ2n) is 6.70. The summed E-state index contributed by atoms with van der Waals surface area (Å²) in [5.41, 5.74) is 0. The van der Waals surface area contributed by atoms with E-state index in [1.807, 2.05) is 0 Å². The molecule has 3 heteroatoms. The van der Waals surface area contributed by atoms with E-state index in [-0.39, 0.29) is 17.0 Å². The van der Waals surface area contributed by atoms with Gasteiger partial charge in [0.2, 0.25) is 0 Å². The van der Waals surface area contributed by atoms with Crippen LogP contribution in [0.4, 0.5) is 0 Å². The maximum atomic E-state index is 2.32. The second kappa shape index (κ2) is 10.0. The van der Waals surface area contributed by atoms with Crippen molar-refractivity contribution in [2.45, 2.75) is 6.42 Å². The van der Waals surface area contributed by atoms with Crippen LogP contribution in [0.15, 0.2) is 91.0 Å². The molecule has 3 aromatic rings. The van der Waals surface area contributed by atoms with E-state index in [2.05, 4.69) is 110 Å². The van der Waals surface area contributed by atoms with E-state index in [1.165, 1.54) is 28.5 Å². The van der Waals surface area contributed by atoms with Gasteiger partial charge in [-0.05, 0) is 56.9 Å². The molecule has 26 heavy (non-hydrogen) atoms. The lowest BCUT2D eigenvalue weighted by atomic mass is 10.3. The molecule has 3 aromatic carbocycles. The Morgan fingerprint density at radius 2 is 0.962 bits per heavy atom. The van der Waals surface area contributed by atoms with Gasteiger partial charge in [-0.1, -0.05) is 54.6 Å². The lowest BCUT2D eigenvalue weighted by molar-refractivity contribution is -0.00000503. The topological polar surface area (TPSA) is 3.24 Å². The van der Waals surface area contributed by atoms with Gasteiger partial charge in [0.15, 0.2) is 0 Å². The summed E-state index contributed by atoms with van der Waals surface area (Å²) in [6.45, 7) is 1.12. The second-order valence-corrected chi connectivity index (χ2v) is 10.3. The van der Waals surface area contributed by atoms with Crippen molar-refractivity contribution >= 4 is 23.2 Å². The fraction of sp³-hybridized carbons (Fsp3) is 0.217. The zero-order valence-electron chi connectivity index (χ0n) is 15.6. The van der Waals surface area contributed by atoms with Gasteiger partial charge in [-0.15, -0.1) is 0 Å². The Morgan fingerprint density at radius 3 is 1.27 bits per heavy atom. The number of hydrogen-bond acceptors (Lipinski definition) is 1. The molecule has 0 bridgehead atoms. The first-order valence-electron chi connectivity index (χ1n) is 8.93. The molecule has 0 amide bonds. The first-order valence-corrected chi connectivity index (χ1v) is 10.9. The predicted molar refractivity (Wildman–Crippen MR) is 113 cm³/mol. The molecule has 0 saturated carbocycles. The smallest absolute Gasteiger partial charge is 0.112 e.